The molecule has 0 radical (unpaired) electrons. The molecular weight excluding hydrogens is 222 g/mol. The summed E-state index contributed by atoms with van der Waals surface area (Å²) in [6.07, 6.45) is 2.04. The van der Waals surface area contributed by atoms with Crippen molar-refractivity contribution >= 4 is 11.0 Å². The van der Waals surface area contributed by atoms with Crippen molar-refractivity contribution in [2.45, 2.75) is 13.0 Å². The molecule has 0 spiro atoms. The van der Waals surface area contributed by atoms with Gasteiger partial charge in [-0.2, -0.15) is 0 Å². The number of hydrogen-bond acceptors (Lipinski definition) is 2. The highest BCUT2D eigenvalue weighted by Crippen LogP contribution is 2.20. The normalized spacial score (nSPS) is 12.8. The molecule has 0 aliphatic heterocycles. The van der Waals surface area contributed by atoms with Gasteiger partial charge in [0.05, 0.1) is 5.69 Å². The standard InChI is InChI=1S/C15H15N3/c1-11(16)14-8-7-12-9-10-18(15(12)17-14)13-5-3-2-4-6-13/h2-11H,16H2,1H3/t11-/m1/s1. The van der Waals surface area contributed by atoms with Gasteiger partial charge in [0, 0.05) is 23.3 Å². The van der Waals surface area contributed by atoms with Crippen LogP contribution in [0.4, 0.5) is 0 Å². The molecule has 3 rings (SSSR count). The topological polar surface area (TPSA) is 43.8 Å². The van der Waals surface area contributed by atoms with Crippen LogP contribution in [0.25, 0.3) is 16.7 Å². The van der Waals surface area contributed by atoms with Crippen molar-refractivity contribution in [3.63, 3.8) is 0 Å². The van der Waals surface area contributed by atoms with Gasteiger partial charge in [-0.05, 0) is 37.3 Å². The molecule has 0 saturated heterocycles. The zero-order valence-electron chi connectivity index (χ0n) is 10.2. The number of hydrogen-bond donors (Lipinski definition) is 1. The van der Waals surface area contributed by atoms with E-state index in [2.05, 4.69) is 33.8 Å². The van der Waals surface area contributed by atoms with Crippen LogP contribution < -0.4 is 5.73 Å². The highest BCUT2D eigenvalue weighted by molar-refractivity contribution is 5.78. The fourth-order valence-electron chi connectivity index (χ4n) is 2.07. The van der Waals surface area contributed by atoms with E-state index in [4.69, 9.17) is 5.73 Å². The first-order chi connectivity index (χ1) is 8.75. The van der Waals surface area contributed by atoms with Gasteiger partial charge >= 0.3 is 0 Å². The molecule has 1 atom stereocenters. The minimum absolute atomic E-state index is 0.0477. The molecule has 0 fully saturated rings. The fraction of sp³-hybridized carbons (Fsp3) is 0.133. The molecule has 18 heavy (non-hydrogen) atoms. The summed E-state index contributed by atoms with van der Waals surface area (Å²) in [5.41, 5.74) is 8.87. The third-order valence-corrected chi connectivity index (χ3v) is 3.06. The van der Waals surface area contributed by atoms with Gasteiger partial charge in [-0.15, -0.1) is 0 Å². The number of pyridine rings is 1. The summed E-state index contributed by atoms with van der Waals surface area (Å²) in [7, 11) is 0. The summed E-state index contributed by atoms with van der Waals surface area (Å²) in [4.78, 5) is 4.65. The van der Waals surface area contributed by atoms with E-state index in [0.29, 0.717) is 0 Å². The van der Waals surface area contributed by atoms with Crippen molar-refractivity contribution in [1.82, 2.24) is 9.55 Å². The van der Waals surface area contributed by atoms with Gasteiger partial charge in [0.2, 0.25) is 0 Å². The quantitative estimate of drug-likeness (QED) is 0.744. The van der Waals surface area contributed by atoms with Gasteiger partial charge in [-0.1, -0.05) is 18.2 Å². The van der Waals surface area contributed by atoms with Crippen molar-refractivity contribution in [3.8, 4) is 5.69 Å². The molecule has 2 heterocycles. The Morgan fingerprint density at radius 3 is 2.56 bits per heavy atom. The first-order valence-corrected chi connectivity index (χ1v) is 6.05. The van der Waals surface area contributed by atoms with Crippen LogP contribution in [-0.2, 0) is 0 Å². The van der Waals surface area contributed by atoms with E-state index in [-0.39, 0.29) is 6.04 Å². The molecule has 2 N–H and O–H groups in total. The lowest BCUT2D eigenvalue weighted by Crippen LogP contribution is -2.07. The molecule has 0 unspecified atom stereocenters. The molecule has 0 saturated carbocycles. The maximum atomic E-state index is 5.89. The van der Waals surface area contributed by atoms with Crippen LogP contribution in [0.15, 0.2) is 54.7 Å². The second-order valence-corrected chi connectivity index (χ2v) is 4.46. The monoisotopic (exact) mass is 237 g/mol. The van der Waals surface area contributed by atoms with Crippen LogP contribution in [0, 0.1) is 0 Å². The van der Waals surface area contributed by atoms with Crippen molar-refractivity contribution in [3.05, 3.63) is 60.4 Å². The summed E-state index contributed by atoms with van der Waals surface area (Å²) in [6, 6.07) is 16.3. The SMILES string of the molecule is C[C@@H](N)c1ccc2ccn(-c3ccccc3)c2n1. The first kappa shape index (κ1) is 11.0. The molecule has 3 nitrogen and oxygen atoms in total. The molecule has 3 aromatic rings. The van der Waals surface area contributed by atoms with E-state index in [1.165, 1.54) is 0 Å². The molecule has 0 bridgehead atoms. The third kappa shape index (κ3) is 1.79. The van der Waals surface area contributed by atoms with E-state index in [0.717, 1.165) is 22.4 Å². The molecule has 2 aromatic heterocycles. The Kier molecular flexibility index (Phi) is 2.61. The smallest absolute Gasteiger partial charge is 0.144 e. The van der Waals surface area contributed by atoms with Crippen LogP contribution in [0.1, 0.15) is 18.7 Å². The van der Waals surface area contributed by atoms with Crippen molar-refractivity contribution in [1.29, 1.82) is 0 Å². The Bertz CT molecular complexity index is 669. The summed E-state index contributed by atoms with van der Waals surface area (Å²) < 4.78 is 2.08. The molecule has 0 aliphatic rings. The molecule has 90 valence electrons. The zero-order valence-corrected chi connectivity index (χ0v) is 10.2. The Hall–Kier alpha value is -2.13. The van der Waals surface area contributed by atoms with Gasteiger partial charge in [-0.25, -0.2) is 4.98 Å². The maximum Gasteiger partial charge on any atom is 0.144 e. The Balaban J connectivity index is 2.21. The highest BCUT2D eigenvalue weighted by atomic mass is 15.0. The molecule has 1 aromatic carbocycles. The summed E-state index contributed by atoms with van der Waals surface area (Å²) in [5, 5.41) is 1.13. The van der Waals surface area contributed by atoms with Gasteiger partial charge in [0.1, 0.15) is 5.65 Å². The number of para-hydroxylation sites is 1. The number of nitrogens with zero attached hydrogens (tertiary/aromatic N) is 2. The van der Waals surface area contributed by atoms with E-state index in [1.807, 2.05) is 37.4 Å². The van der Waals surface area contributed by atoms with Crippen LogP contribution in [0.2, 0.25) is 0 Å². The largest absolute Gasteiger partial charge is 0.323 e. The number of nitrogens with two attached hydrogens (primary N) is 1. The minimum Gasteiger partial charge on any atom is -0.323 e. The van der Waals surface area contributed by atoms with Gasteiger partial charge in [0.25, 0.3) is 0 Å². The van der Waals surface area contributed by atoms with Crippen LogP contribution in [-0.4, -0.2) is 9.55 Å². The number of benzene rings is 1. The van der Waals surface area contributed by atoms with Gasteiger partial charge in [-0.3, -0.25) is 0 Å². The second kappa shape index (κ2) is 4.27. The summed E-state index contributed by atoms with van der Waals surface area (Å²) >= 11 is 0. The molecule has 0 aliphatic carbocycles. The lowest BCUT2D eigenvalue weighted by molar-refractivity contribution is 0.784. The van der Waals surface area contributed by atoms with Crippen LogP contribution in [0.3, 0.4) is 0 Å². The average Bonchev–Trinajstić information content (AvgIpc) is 2.82. The van der Waals surface area contributed by atoms with E-state index in [9.17, 15) is 0 Å². The number of aromatic nitrogens is 2. The third-order valence-electron chi connectivity index (χ3n) is 3.06. The van der Waals surface area contributed by atoms with E-state index < -0.39 is 0 Å². The Morgan fingerprint density at radius 1 is 1.06 bits per heavy atom. The summed E-state index contributed by atoms with van der Waals surface area (Å²) in [6.45, 7) is 1.95. The first-order valence-electron chi connectivity index (χ1n) is 6.05. The highest BCUT2D eigenvalue weighted by Gasteiger charge is 2.07. The average molecular weight is 237 g/mol. The fourth-order valence-corrected chi connectivity index (χ4v) is 2.07. The van der Waals surface area contributed by atoms with Gasteiger partial charge < -0.3 is 10.3 Å². The second-order valence-electron chi connectivity index (χ2n) is 4.46. The Morgan fingerprint density at radius 2 is 1.83 bits per heavy atom. The number of rotatable bonds is 2. The Labute approximate surface area is 106 Å². The predicted molar refractivity (Wildman–Crippen MR) is 73.7 cm³/mol. The maximum absolute atomic E-state index is 5.89. The predicted octanol–water partition coefficient (Wildman–Crippen LogP) is 3.05. The van der Waals surface area contributed by atoms with Crippen LogP contribution >= 0.6 is 0 Å². The summed E-state index contributed by atoms with van der Waals surface area (Å²) in [5.74, 6) is 0. The van der Waals surface area contributed by atoms with Gasteiger partial charge in [0.15, 0.2) is 0 Å². The molecular formula is C15H15N3. The van der Waals surface area contributed by atoms with E-state index in [1.54, 1.807) is 0 Å². The van der Waals surface area contributed by atoms with E-state index >= 15 is 0 Å². The lowest BCUT2D eigenvalue weighted by Gasteiger charge is -2.07. The number of fused-ring (bicyclic) bond motifs is 1. The van der Waals surface area contributed by atoms with Crippen molar-refractivity contribution < 1.29 is 0 Å². The van der Waals surface area contributed by atoms with Crippen molar-refractivity contribution in [2.75, 3.05) is 0 Å². The molecule has 0 amide bonds. The zero-order chi connectivity index (χ0) is 12.5. The minimum atomic E-state index is -0.0477. The molecule has 3 heteroatoms. The lowest BCUT2D eigenvalue weighted by atomic mass is 10.2. The van der Waals surface area contributed by atoms with Crippen molar-refractivity contribution in [2.24, 2.45) is 5.73 Å². The van der Waals surface area contributed by atoms with Crippen LogP contribution in [0.5, 0.6) is 0 Å².